The molecule has 1 aromatic heterocycles. The quantitative estimate of drug-likeness (QED) is 0.260. The van der Waals surface area contributed by atoms with Gasteiger partial charge in [0.1, 0.15) is 25.1 Å². The van der Waals surface area contributed by atoms with Crippen LogP contribution in [0.1, 0.15) is 34.0 Å². The molecule has 1 heterocycles. The highest BCUT2D eigenvalue weighted by Gasteiger charge is 2.25. The Labute approximate surface area is 230 Å². The number of carbonyl (C=O) groups excluding carboxylic acids is 3. The van der Waals surface area contributed by atoms with Crippen LogP contribution < -0.4 is 10.6 Å². The van der Waals surface area contributed by atoms with Crippen molar-refractivity contribution in [2.24, 2.45) is 0 Å². The van der Waals surface area contributed by atoms with E-state index >= 15 is 0 Å². The molecule has 10 heteroatoms. The average Bonchev–Trinajstić information content (AvgIpc) is 3.47. The molecule has 0 radical (unpaired) electrons. The van der Waals surface area contributed by atoms with Crippen molar-refractivity contribution in [3.63, 3.8) is 0 Å². The molecule has 0 fully saturated rings. The maximum Gasteiger partial charge on any atom is 0.408 e. The molecule has 9 nitrogen and oxygen atoms in total. The summed E-state index contributed by atoms with van der Waals surface area (Å²) in [6.07, 6.45) is 1.27. The maximum atomic E-state index is 14.4. The van der Waals surface area contributed by atoms with Gasteiger partial charge >= 0.3 is 12.1 Å². The number of nitrogens with zero attached hydrogens (tertiary/aromatic N) is 1. The van der Waals surface area contributed by atoms with Gasteiger partial charge in [0.2, 0.25) is 0 Å². The highest BCUT2D eigenvalue weighted by molar-refractivity contribution is 5.96. The van der Waals surface area contributed by atoms with E-state index in [9.17, 15) is 18.8 Å². The van der Waals surface area contributed by atoms with Gasteiger partial charge in [0.25, 0.3) is 5.91 Å². The van der Waals surface area contributed by atoms with Crippen LogP contribution in [0.2, 0.25) is 0 Å². The Morgan fingerprint density at radius 1 is 0.925 bits per heavy atom. The van der Waals surface area contributed by atoms with Crippen molar-refractivity contribution in [2.75, 3.05) is 6.54 Å². The van der Waals surface area contributed by atoms with Crippen molar-refractivity contribution in [2.45, 2.75) is 32.6 Å². The Hall–Kier alpha value is -4.99. The van der Waals surface area contributed by atoms with Crippen molar-refractivity contribution in [1.29, 1.82) is 0 Å². The third-order valence-corrected chi connectivity index (χ3v) is 5.93. The summed E-state index contributed by atoms with van der Waals surface area (Å²) in [5, 5.41) is 8.76. The molecular formula is C30H28FN3O6. The standard InChI is InChI=1S/C30H28FN3O6/c1-2-22-16-33-40-27(22)23-13-24(15-25(31)14-23)28(35)32-17-26(29(36)38-18-20-9-5-3-6-10-20)34-30(37)39-19-21-11-7-4-8-12-21/h3-16,26H,2,17-19H2,1H3,(H,32,35)(H,34,37)/t26-/m1/s1. The molecule has 4 aromatic rings. The Kier molecular flexibility index (Phi) is 9.60. The maximum absolute atomic E-state index is 14.4. The second-order valence-corrected chi connectivity index (χ2v) is 8.82. The van der Waals surface area contributed by atoms with Crippen molar-refractivity contribution >= 4 is 18.0 Å². The molecule has 0 aliphatic carbocycles. The van der Waals surface area contributed by atoms with Crippen molar-refractivity contribution in [1.82, 2.24) is 15.8 Å². The van der Waals surface area contributed by atoms with Gasteiger partial charge in [-0.3, -0.25) is 4.79 Å². The first-order valence-electron chi connectivity index (χ1n) is 12.6. The smallest absolute Gasteiger partial charge is 0.408 e. The minimum atomic E-state index is -1.27. The lowest BCUT2D eigenvalue weighted by atomic mass is 10.0. The Balaban J connectivity index is 1.43. The van der Waals surface area contributed by atoms with Crippen LogP contribution in [0.5, 0.6) is 0 Å². The monoisotopic (exact) mass is 545 g/mol. The van der Waals surface area contributed by atoms with Crippen molar-refractivity contribution < 1.29 is 32.8 Å². The van der Waals surface area contributed by atoms with E-state index in [0.717, 1.165) is 22.8 Å². The number of nitrogens with one attached hydrogen (secondary N) is 2. The minimum Gasteiger partial charge on any atom is -0.459 e. The molecule has 1 atom stereocenters. The van der Waals surface area contributed by atoms with Gasteiger partial charge in [-0.15, -0.1) is 0 Å². The number of amides is 2. The Bertz CT molecular complexity index is 1440. The van der Waals surface area contributed by atoms with Crippen molar-refractivity contribution in [3.05, 3.63) is 113 Å². The molecule has 206 valence electrons. The third-order valence-electron chi connectivity index (χ3n) is 5.93. The topological polar surface area (TPSA) is 120 Å². The molecule has 2 amide bonds. The zero-order chi connectivity index (χ0) is 28.3. The summed E-state index contributed by atoms with van der Waals surface area (Å²) in [6, 6.07) is 20.5. The van der Waals surface area contributed by atoms with Gasteiger partial charge in [0.05, 0.1) is 6.20 Å². The zero-order valence-electron chi connectivity index (χ0n) is 21.8. The normalized spacial score (nSPS) is 11.3. The number of aromatic nitrogens is 1. The number of rotatable bonds is 11. The van der Waals surface area contributed by atoms with E-state index in [1.165, 1.54) is 18.3 Å². The molecule has 0 bridgehead atoms. The Morgan fingerprint density at radius 3 is 2.23 bits per heavy atom. The van der Waals surface area contributed by atoms with E-state index in [0.29, 0.717) is 17.7 Å². The van der Waals surface area contributed by atoms with Crippen LogP contribution in [-0.4, -0.2) is 35.7 Å². The van der Waals surface area contributed by atoms with Gasteiger partial charge in [-0.25, -0.2) is 14.0 Å². The van der Waals surface area contributed by atoms with Crippen molar-refractivity contribution in [3.8, 4) is 11.3 Å². The van der Waals surface area contributed by atoms with Crippen LogP contribution in [0.4, 0.5) is 9.18 Å². The molecule has 0 saturated heterocycles. The number of hydrogen-bond donors (Lipinski definition) is 2. The molecule has 0 aliphatic heterocycles. The first kappa shape index (κ1) is 28.0. The summed E-state index contributed by atoms with van der Waals surface area (Å²) >= 11 is 0. The zero-order valence-corrected chi connectivity index (χ0v) is 21.8. The predicted octanol–water partition coefficient (Wildman–Crippen LogP) is 4.81. The average molecular weight is 546 g/mol. The summed E-state index contributed by atoms with van der Waals surface area (Å²) in [6.45, 7) is 1.52. The summed E-state index contributed by atoms with van der Waals surface area (Å²) < 4.78 is 30.2. The fraction of sp³-hybridized carbons (Fsp3) is 0.200. The first-order chi connectivity index (χ1) is 19.4. The van der Waals surface area contributed by atoms with Crippen LogP contribution in [-0.2, 0) is 33.9 Å². The second-order valence-electron chi connectivity index (χ2n) is 8.82. The number of carbonyl (C=O) groups is 3. The highest BCUT2D eigenvalue weighted by atomic mass is 19.1. The molecule has 2 N–H and O–H groups in total. The molecule has 40 heavy (non-hydrogen) atoms. The predicted molar refractivity (Wildman–Crippen MR) is 143 cm³/mol. The number of aryl methyl sites for hydroxylation is 1. The van der Waals surface area contributed by atoms with E-state index in [1.807, 2.05) is 19.1 Å². The number of ether oxygens (including phenoxy) is 2. The van der Waals surface area contributed by atoms with Gasteiger partial charge in [-0.2, -0.15) is 0 Å². The minimum absolute atomic E-state index is 0.00323. The second kappa shape index (κ2) is 13.7. The van der Waals surface area contributed by atoms with Gasteiger partial charge in [-0.1, -0.05) is 72.7 Å². The number of alkyl carbamates (subject to hydrolysis) is 1. The lowest BCUT2D eigenvalue weighted by Gasteiger charge is -2.18. The summed E-state index contributed by atoms with van der Waals surface area (Å²) in [5.41, 5.74) is 2.61. The molecular weight excluding hydrogens is 517 g/mol. The molecule has 4 rings (SSSR count). The fourth-order valence-electron chi connectivity index (χ4n) is 3.83. The molecule has 0 saturated carbocycles. The van der Waals surface area contributed by atoms with E-state index in [4.69, 9.17) is 14.0 Å². The Morgan fingerprint density at radius 2 is 1.57 bits per heavy atom. The van der Waals surface area contributed by atoms with E-state index in [-0.39, 0.29) is 25.3 Å². The molecule has 0 unspecified atom stereocenters. The summed E-state index contributed by atoms with van der Waals surface area (Å²) in [5.74, 6) is -1.74. The van der Waals surface area contributed by atoms with Crippen LogP contribution >= 0.6 is 0 Å². The number of benzene rings is 3. The third kappa shape index (κ3) is 7.76. The van der Waals surface area contributed by atoms with E-state index in [2.05, 4.69) is 15.8 Å². The van der Waals surface area contributed by atoms with Gasteiger partial charge in [-0.05, 0) is 35.7 Å². The van der Waals surface area contributed by atoms with Gasteiger partial charge < -0.3 is 24.6 Å². The molecule has 0 spiro atoms. The highest BCUT2D eigenvalue weighted by Crippen LogP contribution is 2.26. The lowest BCUT2D eigenvalue weighted by molar-refractivity contribution is -0.147. The lowest BCUT2D eigenvalue weighted by Crippen LogP contribution is -2.49. The van der Waals surface area contributed by atoms with E-state index in [1.54, 1.807) is 48.5 Å². The largest absolute Gasteiger partial charge is 0.459 e. The number of esters is 1. The van der Waals surface area contributed by atoms with Gasteiger partial charge in [0.15, 0.2) is 5.76 Å². The SMILES string of the molecule is CCc1cnoc1-c1cc(F)cc(C(=O)NC[C@@H](NC(=O)OCc2ccccc2)C(=O)OCc2ccccc2)c1. The number of hydrogen-bond acceptors (Lipinski definition) is 7. The van der Waals surface area contributed by atoms with Crippen LogP contribution in [0, 0.1) is 5.82 Å². The molecule has 0 aliphatic rings. The first-order valence-corrected chi connectivity index (χ1v) is 12.6. The van der Waals surface area contributed by atoms with E-state index < -0.39 is 29.8 Å². The summed E-state index contributed by atoms with van der Waals surface area (Å²) in [4.78, 5) is 38.3. The molecule has 3 aromatic carbocycles. The van der Waals surface area contributed by atoms with Crippen LogP contribution in [0.15, 0.2) is 89.6 Å². The van der Waals surface area contributed by atoms with Gasteiger partial charge in [0, 0.05) is 23.2 Å². The number of halogens is 1. The van der Waals surface area contributed by atoms with Crippen LogP contribution in [0.25, 0.3) is 11.3 Å². The van der Waals surface area contributed by atoms with Crippen LogP contribution in [0.3, 0.4) is 0 Å². The summed E-state index contributed by atoms with van der Waals surface area (Å²) in [7, 11) is 0. The fourth-order valence-corrected chi connectivity index (χ4v) is 3.83.